The van der Waals surface area contributed by atoms with Crippen molar-refractivity contribution in [2.45, 2.75) is 38.2 Å². The Morgan fingerprint density at radius 2 is 2.03 bits per heavy atom. The van der Waals surface area contributed by atoms with Crippen LogP contribution in [0.1, 0.15) is 31.6 Å². The van der Waals surface area contributed by atoms with Crippen LogP contribution in [0, 0.1) is 17.2 Å². The van der Waals surface area contributed by atoms with E-state index in [0.29, 0.717) is 43.2 Å². The number of nitriles is 1. The quantitative estimate of drug-likeness (QED) is 0.575. The van der Waals surface area contributed by atoms with Crippen LogP contribution in [0.5, 0.6) is 5.88 Å². The van der Waals surface area contributed by atoms with Crippen molar-refractivity contribution in [3.05, 3.63) is 24.2 Å². The number of halogens is 3. The lowest BCUT2D eigenvalue weighted by atomic mass is 10.1. The summed E-state index contributed by atoms with van der Waals surface area (Å²) in [5.41, 5.74) is 1.16. The van der Waals surface area contributed by atoms with Crippen LogP contribution in [0.15, 0.2) is 18.5 Å². The Kier molecular flexibility index (Phi) is 5.57. The van der Waals surface area contributed by atoms with E-state index in [1.54, 1.807) is 18.5 Å². The van der Waals surface area contributed by atoms with E-state index in [4.69, 9.17) is 14.2 Å². The molecule has 180 valence electrons. The van der Waals surface area contributed by atoms with E-state index in [1.165, 1.54) is 4.68 Å². The molecule has 34 heavy (non-hydrogen) atoms. The van der Waals surface area contributed by atoms with Gasteiger partial charge in [0.1, 0.15) is 23.1 Å². The molecular weight excluding hydrogens is 455 g/mol. The summed E-state index contributed by atoms with van der Waals surface area (Å²) in [5.74, 6) is 0.101. The fourth-order valence-electron chi connectivity index (χ4n) is 3.93. The van der Waals surface area contributed by atoms with Gasteiger partial charge in [-0.3, -0.25) is 4.68 Å². The molecule has 5 rings (SSSR count). The molecule has 1 N–H and O–H groups in total. The number of ether oxygens (including phenoxy) is 3. The summed E-state index contributed by atoms with van der Waals surface area (Å²) in [4.78, 5) is 8.85. The number of nitrogens with one attached hydrogen (secondary N) is 1. The van der Waals surface area contributed by atoms with Crippen molar-refractivity contribution in [2.75, 3.05) is 31.7 Å². The largest absolute Gasteiger partial charge is 0.462 e. The molecule has 5 heterocycles. The normalized spacial score (nSPS) is 21.9. The highest BCUT2D eigenvalue weighted by molar-refractivity contribution is 5.79. The number of hydrogen-bond donors (Lipinski definition) is 1. The lowest BCUT2D eigenvalue weighted by Gasteiger charge is -2.25. The first-order valence-corrected chi connectivity index (χ1v) is 10.8. The van der Waals surface area contributed by atoms with Gasteiger partial charge in [-0.15, -0.1) is 5.10 Å². The second-order valence-corrected chi connectivity index (χ2v) is 8.51. The molecule has 2 saturated heterocycles. The van der Waals surface area contributed by atoms with E-state index in [0.717, 1.165) is 6.92 Å². The van der Waals surface area contributed by atoms with Crippen molar-refractivity contribution in [1.29, 1.82) is 5.26 Å². The highest BCUT2D eigenvalue weighted by Gasteiger charge is 2.39. The summed E-state index contributed by atoms with van der Waals surface area (Å²) < 4.78 is 58.5. The fraction of sp³-hybridized carbons (Fsp3) is 0.524. The molecule has 0 amide bonds. The molecule has 0 aromatic carbocycles. The Balaban J connectivity index is 1.50. The smallest absolute Gasteiger partial charge is 0.425 e. The van der Waals surface area contributed by atoms with Gasteiger partial charge in [0.15, 0.2) is 6.10 Å². The SMILES string of the molecule is CC(Oc1nn(C2COC2)cc1Nc1ncc2cc(C#N)n([C@H]3COC[C@@H]3C)c2n1)C(F)(F)F. The third kappa shape index (κ3) is 4.03. The Morgan fingerprint density at radius 1 is 1.26 bits per heavy atom. The predicted molar refractivity (Wildman–Crippen MR) is 113 cm³/mol. The molecule has 1 unspecified atom stereocenters. The third-order valence-corrected chi connectivity index (χ3v) is 6.04. The fourth-order valence-corrected chi connectivity index (χ4v) is 3.93. The molecular formula is C21H22F3N7O3. The van der Waals surface area contributed by atoms with Crippen molar-refractivity contribution in [2.24, 2.45) is 5.92 Å². The van der Waals surface area contributed by atoms with E-state index in [2.05, 4.69) is 26.5 Å². The van der Waals surface area contributed by atoms with Crippen LogP contribution in [-0.2, 0) is 9.47 Å². The number of anilines is 2. The minimum atomic E-state index is -4.55. The molecule has 3 aromatic heterocycles. The number of fused-ring (bicyclic) bond motifs is 1. The Labute approximate surface area is 192 Å². The molecule has 0 saturated carbocycles. The summed E-state index contributed by atoms with van der Waals surface area (Å²) in [5, 5.41) is 17.4. The Morgan fingerprint density at radius 3 is 2.65 bits per heavy atom. The van der Waals surface area contributed by atoms with E-state index in [9.17, 15) is 18.4 Å². The summed E-state index contributed by atoms with van der Waals surface area (Å²) >= 11 is 0. The molecule has 0 spiro atoms. The first-order valence-electron chi connectivity index (χ1n) is 10.8. The molecule has 2 aliphatic heterocycles. The van der Waals surface area contributed by atoms with Crippen molar-refractivity contribution in [1.82, 2.24) is 24.3 Å². The number of nitrogens with zero attached hydrogens (tertiary/aromatic N) is 6. The molecule has 2 fully saturated rings. The van der Waals surface area contributed by atoms with Gasteiger partial charge in [0.2, 0.25) is 5.95 Å². The van der Waals surface area contributed by atoms with Crippen LogP contribution in [0.2, 0.25) is 0 Å². The van der Waals surface area contributed by atoms with Crippen LogP contribution in [0.25, 0.3) is 11.0 Å². The van der Waals surface area contributed by atoms with Crippen LogP contribution >= 0.6 is 0 Å². The minimum Gasteiger partial charge on any atom is -0.462 e. The van der Waals surface area contributed by atoms with E-state index >= 15 is 0 Å². The second kappa shape index (κ2) is 8.44. The van der Waals surface area contributed by atoms with Crippen molar-refractivity contribution in [3.8, 4) is 11.9 Å². The first kappa shape index (κ1) is 22.4. The number of rotatable bonds is 6. The predicted octanol–water partition coefficient (Wildman–Crippen LogP) is 3.35. The molecule has 0 aliphatic carbocycles. The monoisotopic (exact) mass is 477 g/mol. The lowest BCUT2D eigenvalue weighted by Crippen LogP contribution is -2.32. The number of hydrogen-bond acceptors (Lipinski definition) is 8. The van der Waals surface area contributed by atoms with Gasteiger partial charge in [0, 0.05) is 17.5 Å². The maximum atomic E-state index is 13.1. The van der Waals surface area contributed by atoms with Gasteiger partial charge >= 0.3 is 6.18 Å². The average molecular weight is 477 g/mol. The molecule has 3 atom stereocenters. The molecule has 2 aliphatic rings. The molecule has 10 nitrogen and oxygen atoms in total. The maximum Gasteiger partial charge on any atom is 0.425 e. The van der Waals surface area contributed by atoms with Gasteiger partial charge in [-0.25, -0.2) is 4.98 Å². The third-order valence-electron chi connectivity index (χ3n) is 6.04. The van der Waals surface area contributed by atoms with Gasteiger partial charge in [-0.05, 0) is 13.0 Å². The zero-order chi connectivity index (χ0) is 24.0. The van der Waals surface area contributed by atoms with Gasteiger partial charge in [0.05, 0.1) is 44.7 Å². The molecule has 0 bridgehead atoms. The molecule has 3 aromatic rings. The highest BCUT2D eigenvalue weighted by Crippen LogP contribution is 2.34. The summed E-state index contributed by atoms with van der Waals surface area (Å²) in [6.07, 6.45) is -3.50. The Bertz CT molecular complexity index is 1240. The average Bonchev–Trinajstić information content (AvgIpc) is 3.43. The topological polar surface area (TPSA) is 112 Å². The number of alkyl halides is 3. The summed E-state index contributed by atoms with van der Waals surface area (Å²) in [7, 11) is 0. The first-order chi connectivity index (χ1) is 16.2. The lowest BCUT2D eigenvalue weighted by molar-refractivity contribution is -0.189. The van der Waals surface area contributed by atoms with Gasteiger partial charge in [-0.2, -0.15) is 23.4 Å². The van der Waals surface area contributed by atoms with E-state index in [-0.39, 0.29) is 35.5 Å². The zero-order valence-corrected chi connectivity index (χ0v) is 18.4. The molecule has 0 radical (unpaired) electrons. The van der Waals surface area contributed by atoms with Crippen LogP contribution in [0.3, 0.4) is 0 Å². The van der Waals surface area contributed by atoms with Crippen molar-refractivity contribution < 1.29 is 27.4 Å². The molecule has 13 heteroatoms. The standard InChI is InChI=1S/C21H22F3N7O3/c1-11-7-32-10-17(11)31-14(4-25)3-13-5-26-20(28-18(13)31)27-16-6-30(15-8-33-9-15)29-19(16)34-12(2)21(22,23)24/h3,5-6,11-12,15,17H,7-10H2,1-2H3,(H,26,27,28)/t11-,12?,17-/m0/s1. The maximum absolute atomic E-state index is 13.1. The van der Waals surface area contributed by atoms with E-state index in [1.807, 2.05) is 11.5 Å². The second-order valence-electron chi connectivity index (χ2n) is 8.51. The summed E-state index contributed by atoms with van der Waals surface area (Å²) in [6, 6.07) is 3.74. The van der Waals surface area contributed by atoms with Gasteiger partial charge in [0.25, 0.3) is 5.88 Å². The summed E-state index contributed by atoms with van der Waals surface area (Å²) in [6.45, 7) is 4.80. The minimum absolute atomic E-state index is 0.0669. The van der Waals surface area contributed by atoms with Crippen molar-refractivity contribution in [3.63, 3.8) is 0 Å². The van der Waals surface area contributed by atoms with Crippen LogP contribution in [0.4, 0.5) is 24.8 Å². The van der Waals surface area contributed by atoms with E-state index < -0.39 is 12.3 Å². The number of aromatic nitrogens is 5. The zero-order valence-electron chi connectivity index (χ0n) is 18.4. The highest BCUT2D eigenvalue weighted by atomic mass is 19.4. The Hall–Kier alpha value is -3.37. The van der Waals surface area contributed by atoms with Gasteiger partial charge in [-0.1, -0.05) is 6.92 Å². The van der Waals surface area contributed by atoms with Gasteiger partial charge < -0.3 is 24.1 Å². The van der Waals surface area contributed by atoms with Crippen LogP contribution in [-0.4, -0.2) is 63.0 Å². The van der Waals surface area contributed by atoms with Crippen molar-refractivity contribution >= 4 is 22.7 Å². The van der Waals surface area contributed by atoms with Crippen LogP contribution < -0.4 is 10.1 Å².